The maximum Gasteiger partial charge on any atom is 0.309 e. The highest BCUT2D eigenvalue weighted by Crippen LogP contribution is 2.36. The van der Waals surface area contributed by atoms with Crippen molar-refractivity contribution in [3.8, 4) is 0 Å². The van der Waals surface area contributed by atoms with Gasteiger partial charge in [-0.3, -0.25) is 9.59 Å². The first-order valence-electron chi connectivity index (χ1n) is 13.5. The average Bonchev–Trinajstić information content (AvgIpc) is 3.58. The molecule has 8 nitrogen and oxygen atoms in total. The van der Waals surface area contributed by atoms with E-state index >= 15 is 0 Å². The Morgan fingerprint density at radius 3 is 2.65 bits per heavy atom. The van der Waals surface area contributed by atoms with Crippen molar-refractivity contribution in [2.45, 2.75) is 116 Å². The summed E-state index contributed by atoms with van der Waals surface area (Å²) < 4.78 is 16.6. The Morgan fingerprint density at radius 2 is 2.00 bits per heavy atom. The van der Waals surface area contributed by atoms with Crippen molar-refractivity contribution >= 4 is 11.9 Å². The number of aliphatic hydroxyl groups excluding tert-OH is 2. The van der Waals surface area contributed by atoms with Gasteiger partial charge in [-0.25, -0.2) is 0 Å². The molecule has 0 radical (unpaired) electrons. The maximum absolute atomic E-state index is 12.4. The molecule has 0 aromatic rings. The number of carbonyl (C=O) groups excluding carboxylic acids is 2. The van der Waals surface area contributed by atoms with E-state index in [1.165, 1.54) is 13.0 Å². The summed E-state index contributed by atoms with van der Waals surface area (Å²) in [6, 6.07) is 0. The molecule has 0 saturated carbocycles. The highest BCUT2D eigenvalue weighted by molar-refractivity contribution is 5.70. The third-order valence-corrected chi connectivity index (χ3v) is 7.40. The molecule has 0 bridgehead atoms. The normalized spacial score (nSPS) is 35.0. The molecule has 9 unspecified atom stereocenters. The fraction of sp³-hybridized carbons (Fsp3) is 0.724. The van der Waals surface area contributed by atoms with Gasteiger partial charge in [0, 0.05) is 25.2 Å². The molecule has 2 heterocycles. The molecule has 9 atom stereocenters. The third kappa shape index (κ3) is 10.0. The van der Waals surface area contributed by atoms with Gasteiger partial charge in [0.2, 0.25) is 5.79 Å². The quantitative estimate of drug-likeness (QED) is 0.136. The predicted molar refractivity (Wildman–Crippen MR) is 140 cm³/mol. The molecule has 0 amide bonds. The molecule has 210 valence electrons. The predicted octanol–water partition coefficient (Wildman–Crippen LogP) is 3.98. The summed E-state index contributed by atoms with van der Waals surface area (Å²) in [6.45, 7) is 10.9. The molecular weight excluding hydrogens is 476 g/mol. The topological polar surface area (TPSA) is 126 Å². The summed E-state index contributed by atoms with van der Waals surface area (Å²) in [5.41, 5.74) is 0.803. The molecule has 1 fully saturated rings. The molecule has 1 saturated heterocycles. The lowest BCUT2D eigenvalue weighted by Crippen LogP contribution is -2.39. The van der Waals surface area contributed by atoms with Crippen LogP contribution in [-0.2, 0) is 23.8 Å². The zero-order chi connectivity index (χ0) is 27.8. The molecule has 8 heteroatoms. The van der Waals surface area contributed by atoms with E-state index in [0.29, 0.717) is 6.42 Å². The van der Waals surface area contributed by atoms with E-state index in [-0.39, 0.29) is 49.4 Å². The van der Waals surface area contributed by atoms with Crippen molar-refractivity contribution < 1.29 is 39.1 Å². The first-order chi connectivity index (χ1) is 17.4. The van der Waals surface area contributed by atoms with Gasteiger partial charge in [-0.2, -0.15) is 0 Å². The first-order valence-corrected chi connectivity index (χ1v) is 13.5. The van der Waals surface area contributed by atoms with Crippen LogP contribution in [0.5, 0.6) is 0 Å². The molecule has 0 aromatic heterocycles. The van der Waals surface area contributed by atoms with Crippen LogP contribution in [0.15, 0.2) is 36.0 Å². The Bertz CT molecular complexity index is 849. The van der Waals surface area contributed by atoms with Gasteiger partial charge in [0.05, 0.1) is 30.8 Å². The van der Waals surface area contributed by atoms with Gasteiger partial charge < -0.3 is 29.5 Å². The third-order valence-electron chi connectivity index (χ3n) is 7.40. The van der Waals surface area contributed by atoms with E-state index in [9.17, 15) is 24.9 Å². The van der Waals surface area contributed by atoms with Gasteiger partial charge in [0.1, 0.15) is 6.10 Å². The minimum Gasteiger partial charge on any atom is -0.457 e. The number of esters is 2. The number of carbonyl (C=O) groups is 2. The van der Waals surface area contributed by atoms with E-state index in [1.54, 1.807) is 13.0 Å². The highest BCUT2D eigenvalue weighted by atomic mass is 16.7. The van der Waals surface area contributed by atoms with Crippen LogP contribution in [0.1, 0.15) is 80.1 Å². The molecular formula is C29H46O8. The maximum atomic E-state index is 12.4. The molecule has 37 heavy (non-hydrogen) atoms. The number of allylic oxidation sites excluding steroid dienone is 3. The minimum atomic E-state index is -1.81. The van der Waals surface area contributed by atoms with E-state index < -0.39 is 35.9 Å². The van der Waals surface area contributed by atoms with Crippen molar-refractivity contribution in [1.82, 2.24) is 0 Å². The number of rotatable bonds is 9. The van der Waals surface area contributed by atoms with Gasteiger partial charge in [-0.05, 0) is 50.2 Å². The van der Waals surface area contributed by atoms with E-state index in [2.05, 4.69) is 13.0 Å². The Balaban J connectivity index is 2.06. The van der Waals surface area contributed by atoms with Crippen LogP contribution >= 0.6 is 0 Å². The molecule has 0 aliphatic carbocycles. The van der Waals surface area contributed by atoms with Crippen LogP contribution in [-0.4, -0.2) is 63.6 Å². The summed E-state index contributed by atoms with van der Waals surface area (Å²) in [6.07, 6.45) is 9.72. The van der Waals surface area contributed by atoms with Crippen LogP contribution in [0.2, 0.25) is 0 Å². The molecule has 0 spiro atoms. The second-order valence-electron chi connectivity index (χ2n) is 10.8. The Kier molecular flexibility index (Phi) is 12.0. The van der Waals surface area contributed by atoms with Crippen molar-refractivity contribution in [3.63, 3.8) is 0 Å². The van der Waals surface area contributed by atoms with Gasteiger partial charge in [-0.1, -0.05) is 52.0 Å². The second kappa shape index (κ2) is 14.2. The van der Waals surface area contributed by atoms with Gasteiger partial charge in [0.15, 0.2) is 0 Å². The Morgan fingerprint density at radius 1 is 1.30 bits per heavy atom. The molecule has 2 aliphatic heterocycles. The van der Waals surface area contributed by atoms with E-state index in [4.69, 9.17) is 14.2 Å². The molecule has 2 aliphatic rings. The van der Waals surface area contributed by atoms with Gasteiger partial charge >= 0.3 is 11.9 Å². The zero-order valence-corrected chi connectivity index (χ0v) is 23.1. The highest BCUT2D eigenvalue weighted by Gasteiger charge is 2.45. The lowest BCUT2D eigenvalue weighted by atomic mass is 9.92. The van der Waals surface area contributed by atoms with Crippen molar-refractivity contribution in [2.75, 3.05) is 0 Å². The second-order valence-corrected chi connectivity index (χ2v) is 10.8. The number of cyclic esters (lactones) is 1. The SMILES string of the molecule is CCC(O)C(C)C1OC1CC(C)/C=C/C=C(\C)C1C/C=C/C(O)(OC(C)=O)C(C)CCC(O)CC(=O)O1. The zero-order valence-electron chi connectivity index (χ0n) is 23.1. The summed E-state index contributed by atoms with van der Waals surface area (Å²) >= 11 is 0. The lowest BCUT2D eigenvalue weighted by molar-refractivity contribution is -0.205. The van der Waals surface area contributed by atoms with Gasteiger partial charge in [0.25, 0.3) is 0 Å². The van der Waals surface area contributed by atoms with E-state index in [1.807, 2.05) is 32.9 Å². The minimum absolute atomic E-state index is 0.106. The molecule has 3 N–H and O–H groups in total. The number of hydrogen-bond donors (Lipinski definition) is 3. The Labute approximate surface area is 221 Å². The Hall–Kier alpha value is -2.00. The van der Waals surface area contributed by atoms with Crippen molar-refractivity contribution in [1.29, 1.82) is 0 Å². The lowest BCUT2D eigenvalue weighted by Gasteiger charge is -2.31. The summed E-state index contributed by atoms with van der Waals surface area (Å²) in [5, 5.41) is 31.3. The van der Waals surface area contributed by atoms with Crippen LogP contribution in [0, 0.1) is 17.8 Å². The van der Waals surface area contributed by atoms with Crippen molar-refractivity contribution in [3.05, 3.63) is 36.0 Å². The summed E-state index contributed by atoms with van der Waals surface area (Å²) in [5.74, 6) is -2.99. The fourth-order valence-electron chi connectivity index (χ4n) is 4.72. The van der Waals surface area contributed by atoms with Crippen LogP contribution < -0.4 is 0 Å². The largest absolute Gasteiger partial charge is 0.457 e. The molecule has 2 rings (SSSR count). The van der Waals surface area contributed by atoms with Crippen molar-refractivity contribution in [2.24, 2.45) is 17.8 Å². The standard InChI is InChI=1S/C29H46O8/c1-7-24(32)21(5)28-26(36-28)16-18(2)10-8-11-19(3)25-12-9-15-29(34,37-22(6)30)20(4)13-14-23(31)17-27(33)35-25/h8-11,15,18,20-21,23-26,28,31-32,34H,7,12-14,16-17H2,1-6H3/b10-8+,15-9+,19-11+. The summed E-state index contributed by atoms with van der Waals surface area (Å²) in [4.78, 5) is 24.0. The van der Waals surface area contributed by atoms with Crippen LogP contribution in [0.25, 0.3) is 0 Å². The van der Waals surface area contributed by atoms with Crippen LogP contribution in [0.4, 0.5) is 0 Å². The van der Waals surface area contributed by atoms with Gasteiger partial charge in [-0.15, -0.1) is 0 Å². The van der Waals surface area contributed by atoms with Crippen LogP contribution in [0.3, 0.4) is 0 Å². The summed E-state index contributed by atoms with van der Waals surface area (Å²) in [7, 11) is 0. The van der Waals surface area contributed by atoms with E-state index in [0.717, 1.165) is 18.4 Å². The average molecular weight is 523 g/mol. The first kappa shape index (κ1) is 31.2. The smallest absolute Gasteiger partial charge is 0.309 e. The molecule has 0 aromatic carbocycles. The number of ether oxygens (including phenoxy) is 3. The number of epoxide rings is 1. The number of hydrogen-bond acceptors (Lipinski definition) is 8. The number of aliphatic hydroxyl groups is 3. The monoisotopic (exact) mass is 522 g/mol. The fourth-order valence-corrected chi connectivity index (χ4v) is 4.72.